The van der Waals surface area contributed by atoms with Gasteiger partial charge in [0.2, 0.25) is 0 Å². The molecule has 4 heteroatoms. The van der Waals surface area contributed by atoms with Crippen molar-refractivity contribution in [1.82, 2.24) is 4.90 Å². The number of carbonyl (C=O) groups excluding carboxylic acids is 1. The highest BCUT2D eigenvalue weighted by Crippen LogP contribution is 2.44. The first-order valence-corrected chi connectivity index (χ1v) is 8.95. The molecule has 2 aromatic rings. The molecule has 2 aromatic carbocycles. The highest BCUT2D eigenvalue weighted by molar-refractivity contribution is 5.79. The van der Waals surface area contributed by atoms with E-state index in [0.717, 1.165) is 18.4 Å². The van der Waals surface area contributed by atoms with Gasteiger partial charge < -0.3 is 9.64 Å². The van der Waals surface area contributed by atoms with Gasteiger partial charge in [-0.25, -0.2) is 4.79 Å². The number of fused-ring (bicyclic) bond motifs is 3. The van der Waals surface area contributed by atoms with Crippen molar-refractivity contribution in [2.24, 2.45) is 0 Å². The third-order valence-electron chi connectivity index (χ3n) is 5.27. The van der Waals surface area contributed by atoms with Gasteiger partial charge in [-0.2, -0.15) is 5.26 Å². The van der Waals surface area contributed by atoms with Crippen LogP contribution < -0.4 is 0 Å². The van der Waals surface area contributed by atoms with E-state index >= 15 is 0 Å². The first kappa shape index (κ1) is 16.4. The summed E-state index contributed by atoms with van der Waals surface area (Å²) >= 11 is 0. The molecule has 0 N–H and O–H groups in total. The second kappa shape index (κ2) is 7.05. The standard InChI is InChI=1S/C22H20N2O2/c23-12-9-16-10-13-24(14-11-16)22(25)26-15-21-19-7-3-1-5-17(19)18-6-2-4-8-20(18)21/h1-9,21H,10-11,13-15H2. The van der Waals surface area contributed by atoms with Crippen molar-refractivity contribution in [3.63, 3.8) is 0 Å². The molecule has 4 nitrogen and oxygen atoms in total. The summed E-state index contributed by atoms with van der Waals surface area (Å²) in [6.45, 7) is 1.58. The lowest BCUT2D eigenvalue weighted by atomic mass is 9.98. The predicted molar refractivity (Wildman–Crippen MR) is 99.6 cm³/mol. The molecule has 0 spiro atoms. The van der Waals surface area contributed by atoms with Gasteiger partial charge in [0, 0.05) is 25.1 Å². The Morgan fingerprint density at radius 2 is 1.65 bits per heavy atom. The summed E-state index contributed by atoms with van der Waals surface area (Å²) in [5.74, 6) is 0.0881. The number of hydrogen-bond donors (Lipinski definition) is 0. The minimum absolute atomic E-state index is 0.0881. The summed E-state index contributed by atoms with van der Waals surface area (Å²) in [4.78, 5) is 14.2. The molecule has 1 aliphatic carbocycles. The molecule has 0 atom stereocenters. The number of hydrogen-bond acceptors (Lipinski definition) is 3. The molecule has 0 radical (unpaired) electrons. The molecule has 1 saturated heterocycles. The largest absolute Gasteiger partial charge is 0.448 e. The fourth-order valence-corrected chi connectivity index (χ4v) is 3.90. The van der Waals surface area contributed by atoms with Crippen molar-refractivity contribution in [2.45, 2.75) is 18.8 Å². The topological polar surface area (TPSA) is 53.3 Å². The van der Waals surface area contributed by atoms with Crippen LogP contribution in [0.3, 0.4) is 0 Å². The van der Waals surface area contributed by atoms with Crippen LogP contribution in [-0.2, 0) is 4.74 Å². The van der Waals surface area contributed by atoms with E-state index in [1.165, 1.54) is 22.3 Å². The smallest absolute Gasteiger partial charge is 0.409 e. The molecule has 1 amide bonds. The lowest BCUT2D eigenvalue weighted by Crippen LogP contribution is -2.37. The first-order valence-electron chi connectivity index (χ1n) is 8.95. The minimum Gasteiger partial charge on any atom is -0.448 e. The molecule has 26 heavy (non-hydrogen) atoms. The van der Waals surface area contributed by atoms with E-state index in [2.05, 4.69) is 30.3 Å². The van der Waals surface area contributed by atoms with Crippen LogP contribution >= 0.6 is 0 Å². The average Bonchev–Trinajstić information content (AvgIpc) is 3.01. The number of likely N-dealkylation sites (tertiary alicyclic amines) is 1. The second-order valence-electron chi connectivity index (χ2n) is 6.72. The number of rotatable bonds is 2. The normalized spacial score (nSPS) is 15.8. The molecule has 4 rings (SSSR count). The van der Waals surface area contributed by atoms with Gasteiger partial charge in [0.05, 0.1) is 6.07 Å². The van der Waals surface area contributed by atoms with Crippen LogP contribution in [0.1, 0.15) is 29.9 Å². The monoisotopic (exact) mass is 344 g/mol. The maximum Gasteiger partial charge on any atom is 0.409 e. The Morgan fingerprint density at radius 1 is 1.08 bits per heavy atom. The van der Waals surface area contributed by atoms with Crippen LogP contribution in [0.15, 0.2) is 60.2 Å². The van der Waals surface area contributed by atoms with Gasteiger partial charge in [0.15, 0.2) is 0 Å². The van der Waals surface area contributed by atoms with E-state index < -0.39 is 0 Å². The molecule has 0 saturated carbocycles. The number of benzene rings is 2. The average molecular weight is 344 g/mol. The van der Waals surface area contributed by atoms with Crippen molar-refractivity contribution in [3.8, 4) is 17.2 Å². The zero-order chi connectivity index (χ0) is 17.9. The van der Waals surface area contributed by atoms with E-state index in [-0.39, 0.29) is 12.0 Å². The van der Waals surface area contributed by atoms with E-state index in [0.29, 0.717) is 19.7 Å². The fraction of sp³-hybridized carbons (Fsp3) is 0.273. The van der Waals surface area contributed by atoms with Gasteiger partial charge in [0.1, 0.15) is 6.61 Å². The van der Waals surface area contributed by atoms with Crippen LogP contribution in [0, 0.1) is 11.3 Å². The molecule has 1 aliphatic heterocycles. The highest BCUT2D eigenvalue weighted by atomic mass is 16.6. The summed E-state index contributed by atoms with van der Waals surface area (Å²) < 4.78 is 5.68. The Kier molecular flexibility index (Phi) is 4.45. The summed E-state index contributed by atoms with van der Waals surface area (Å²) in [6, 6.07) is 18.7. The summed E-state index contributed by atoms with van der Waals surface area (Å²) in [5, 5.41) is 8.73. The number of nitrogens with zero attached hydrogens (tertiary/aromatic N) is 2. The quantitative estimate of drug-likeness (QED) is 0.755. The Labute approximate surface area is 153 Å². The Bertz CT molecular complexity index is 855. The van der Waals surface area contributed by atoms with Gasteiger partial charge in [0.25, 0.3) is 0 Å². The zero-order valence-electron chi connectivity index (χ0n) is 14.5. The summed E-state index contributed by atoms with van der Waals surface area (Å²) in [5.41, 5.74) is 6.01. The first-order chi connectivity index (χ1) is 12.8. The number of nitriles is 1. The number of piperidine rings is 1. The van der Waals surface area contributed by atoms with Crippen LogP contribution in [0.25, 0.3) is 11.1 Å². The fourth-order valence-electron chi connectivity index (χ4n) is 3.90. The molecule has 2 aliphatic rings. The van der Waals surface area contributed by atoms with Crippen molar-refractivity contribution >= 4 is 6.09 Å². The summed E-state index contributed by atoms with van der Waals surface area (Å²) in [6.07, 6.45) is 2.83. The van der Waals surface area contributed by atoms with Gasteiger partial charge in [-0.15, -0.1) is 0 Å². The SMILES string of the molecule is N#CC=C1CCN(C(=O)OCC2c3ccccc3-c3ccccc32)CC1. The van der Waals surface area contributed by atoms with Gasteiger partial charge in [-0.05, 0) is 35.1 Å². The van der Waals surface area contributed by atoms with Gasteiger partial charge in [-0.3, -0.25) is 0 Å². The second-order valence-corrected chi connectivity index (χ2v) is 6.72. The number of amides is 1. The summed E-state index contributed by atoms with van der Waals surface area (Å²) in [7, 11) is 0. The van der Waals surface area contributed by atoms with Gasteiger partial charge >= 0.3 is 6.09 Å². The predicted octanol–water partition coefficient (Wildman–Crippen LogP) is 4.48. The van der Waals surface area contributed by atoms with E-state index in [9.17, 15) is 4.79 Å². The maximum absolute atomic E-state index is 12.5. The molecule has 0 aromatic heterocycles. The highest BCUT2D eigenvalue weighted by Gasteiger charge is 2.30. The number of carbonyl (C=O) groups is 1. The van der Waals surface area contributed by atoms with Crippen molar-refractivity contribution < 1.29 is 9.53 Å². The molecule has 1 fully saturated rings. The van der Waals surface area contributed by atoms with Crippen molar-refractivity contribution in [3.05, 3.63) is 71.3 Å². The molecular weight excluding hydrogens is 324 g/mol. The van der Waals surface area contributed by atoms with E-state index in [1.807, 2.05) is 24.3 Å². The van der Waals surface area contributed by atoms with Crippen LogP contribution in [0.5, 0.6) is 0 Å². The third kappa shape index (κ3) is 2.97. The Hall–Kier alpha value is -3.06. The van der Waals surface area contributed by atoms with Crippen LogP contribution in [-0.4, -0.2) is 30.7 Å². The maximum atomic E-state index is 12.5. The molecule has 0 bridgehead atoms. The third-order valence-corrected chi connectivity index (χ3v) is 5.27. The van der Waals surface area contributed by atoms with Crippen molar-refractivity contribution in [1.29, 1.82) is 5.26 Å². The lowest BCUT2D eigenvalue weighted by molar-refractivity contribution is 0.0970. The molecule has 1 heterocycles. The van der Waals surface area contributed by atoms with Crippen molar-refractivity contribution in [2.75, 3.05) is 19.7 Å². The zero-order valence-corrected chi connectivity index (χ0v) is 14.5. The van der Waals surface area contributed by atoms with E-state index in [4.69, 9.17) is 10.00 Å². The van der Waals surface area contributed by atoms with Crippen LogP contribution in [0.4, 0.5) is 4.79 Å². The lowest BCUT2D eigenvalue weighted by Gasteiger charge is -2.28. The molecule has 130 valence electrons. The molecule has 0 unspecified atom stereocenters. The Morgan fingerprint density at radius 3 is 2.23 bits per heavy atom. The minimum atomic E-state index is -0.261. The number of ether oxygens (including phenoxy) is 1. The van der Waals surface area contributed by atoms with E-state index in [1.54, 1.807) is 11.0 Å². The van der Waals surface area contributed by atoms with Gasteiger partial charge in [-0.1, -0.05) is 54.1 Å². The Balaban J connectivity index is 1.45. The number of allylic oxidation sites excluding steroid dienone is 1. The molecular formula is C22H20N2O2. The van der Waals surface area contributed by atoms with Crippen LogP contribution in [0.2, 0.25) is 0 Å².